The zero-order valence-electron chi connectivity index (χ0n) is 9.97. The van der Waals surface area contributed by atoms with Gasteiger partial charge in [0.25, 0.3) is 0 Å². The molecule has 0 radical (unpaired) electrons. The Morgan fingerprint density at radius 1 is 1.47 bits per heavy atom. The molecule has 2 nitrogen and oxygen atoms in total. The predicted octanol–water partition coefficient (Wildman–Crippen LogP) is 3.90. The number of carbonyl (C=O) groups excluding carboxylic acids is 1. The molecule has 0 aromatic carbocycles. The van der Waals surface area contributed by atoms with Crippen LogP contribution in [0.2, 0.25) is 0 Å². The molecule has 15 heavy (non-hydrogen) atoms. The Kier molecular flexibility index (Phi) is 4.60. The van der Waals surface area contributed by atoms with Crippen LogP contribution in [-0.2, 0) is 0 Å². The van der Waals surface area contributed by atoms with Crippen LogP contribution >= 0.6 is 0 Å². The van der Waals surface area contributed by atoms with Crippen molar-refractivity contribution < 1.29 is 4.79 Å². The molecule has 0 saturated carbocycles. The number of aromatic nitrogens is 1. The van der Waals surface area contributed by atoms with Gasteiger partial charge in [0.2, 0.25) is 0 Å². The van der Waals surface area contributed by atoms with Gasteiger partial charge in [-0.05, 0) is 31.7 Å². The fourth-order valence-corrected chi connectivity index (χ4v) is 1.88. The van der Waals surface area contributed by atoms with E-state index < -0.39 is 0 Å². The molecule has 84 valence electrons. The van der Waals surface area contributed by atoms with Crippen LogP contribution < -0.4 is 0 Å². The topological polar surface area (TPSA) is 32.9 Å². The van der Waals surface area contributed by atoms with Crippen LogP contribution in [0.4, 0.5) is 0 Å². The Morgan fingerprint density at radius 3 is 2.67 bits per heavy atom. The lowest BCUT2D eigenvalue weighted by atomic mass is 9.95. The Hall–Kier alpha value is -1.05. The van der Waals surface area contributed by atoms with Gasteiger partial charge < -0.3 is 4.98 Å². The average molecular weight is 207 g/mol. The highest BCUT2D eigenvalue weighted by molar-refractivity contribution is 5.94. The van der Waals surface area contributed by atoms with Crippen LogP contribution in [0.3, 0.4) is 0 Å². The van der Waals surface area contributed by atoms with E-state index in [0.29, 0.717) is 5.92 Å². The number of rotatable bonds is 6. The van der Waals surface area contributed by atoms with Crippen LogP contribution in [0.1, 0.15) is 68.4 Å². The van der Waals surface area contributed by atoms with E-state index in [-0.39, 0.29) is 5.78 Å². The molecule has 0 spiro atoms. The number of aromatic amines is 1. The van der Waals surface area contributed by atoms with Crippen molar-refractivity contribution in [2.75, 3.05) is 0 Å². The highest BCUT2D eigenvalue weighted by Crippen LogP contribution is 2.25. The van der Waals surface area contributed by atoms with Crippen molar-refractivity contribution in [1.82, 2.24) is 4.98 Å². The molecule has 1 N–H and O–H groups in total. The predicted molar refractivity (Wildman–Crippen MR) is 63.4 cm³/mol. The lowest BCUT2D eigenvalue weighted by Crippen LogP contribution is -1.97. The van der Waals surface area contributed by atoms with Gasteiger partial charge in [-0.15, -0.1) is 0 Å². The molecule has 1 heterocycles. The first-order valence-electron chi connectivity index (χ1n) is 5.88. The summed E-state index contributed by atoms with van der Waals surface area (Å²) >= 11 is 0. The molecule has 0 aliphatic rings. The van der Waals surface area contributed by atoms with E-state index >= 15 is 0 Å². The van der Waals surface area contributed by atoms with E-state index in [1.54, 1.807) is 6.92 Å². The van der Waals surface area contributed by atoms with Gasteiger partial charge in [0.15, 0.2) is 5.78 Å². The molecule has 1 atom stereocenters. The third kappa shape index (κ3) is 3.22. The van der Waals surface area contributed by atoms with Gasteiger partial charge in [0.05, 0.1) is 0 Å². The van der Waals surface area contributed by atoms with Crippen molar-refractivity contribution in [3.63, 3.8) is 0 Å². The fraction of sp³-hybridized carbons (Fsp3) is 0.615. The van der Waals surface area contributed by atoms with Gasteiger partial charge in [-0.3, -0.25) is 4.79 Å². The molecule has 0 aliphatic carbocycles. The monoisotopic (exact) mass is 207 g/mol. The number of carbonyl (C=O) groups is 1. The van der Waals surface area contributed by atoms with E-state index in [1.165, 1.54) is 25.0 Å². The summed E-state index contributed by atoms with van der Waals surface area (Å²) in [4.78, 5) is 14.4. The number of unbranched alkanes of at least 4 members (excludes halogenated alkanes) is 1. The minimum atomic E-state index is 0.142. The summed E-state index contributed by atoms with van der Waals surface area (Å²) in [5.41, 5.74) is 2.02. The Bertz CT molecular complexity index is 314. The van der Waals surface area contributed by atoms with E-state index in [9.17, 15) is 4.79 Å². The Balaban J connectivity index is 2.69. The first kappa shape index (κ1) is 12.0. The maximum absolute atomic E-state index is 11.2. The molecule has 0 bridgehead atoms. The van der Waals surface area contributed by atoms with Gasteiger partial charge >= 0.3 is 0 Å². The van der Waals surface area contributed by atoms with Gasteiger partial charge in [0, 0.05) is 17.5 Å². The van der Waals surface area contributed by atoms with E-state index in [0.717, 1.165) is 12.0 Å². The van der Waals surface area contributed by atoms with Crippen LogP contribution in [0.5, 0.6) is 0 Å². The van der Waals surface area contributed by atoms with Crippen LogP contribution in [0.25, 0.3) is 0 Å². The van der Waals surface area contributed by atoms with E-state index in [4.69, 9.17) is 0 Å². The summed E-state index contributed by atoms with van der Waals surface area (Å²) in [6.07, 6.45) is 6.67. The van der Waals surface area contributed by atoms with Crippen LogP contribution in [-0.4, -0.2) is 10.8 Å². The normalized spacial score (nSPS) is 12.7. The van der Waals surface area contributed by atoms with Gasteiger partial charge in [0.1, 0.15) is 0 Å². The highest BCUT2D eigenvalue weighted by Gasteiger charge is 2.12. The minimum Gasteiger partial charge on any atom is -0.364 e. The fourth-order valence-electron chi connectivity index (χ4n) is 1.88. The van der Waals surface area contributed by atoms with Crippen molar-refractivity contribution in [2.24, 2.45) is 0 Å². The largest absolute Gasteiger partial charge is 0.364 e. The molecular formula is C13H21NO. The van der Waals surface area contributed by atoms with Crippen molar-refractivity contribution in [3.05, 3.63) is 23.5 Å². The molecule has 0 fully saturated rings. The third-order valence-electron chi connectivity index (χ3n) is 2.95. The van der Waals surface area contributed by atoms with Crippen LogP contribution in [0, 0.1) is 0 Å². The van der Waals surface area contributed by atoms with Crippen molar-refractivity contribution >= 4 is 5.78 Å². The van der Waals surface area contributed by atoms with E-state index in [1.807, 2.05) is 12.3 Å². The molecule has 1 aromatic rings. The molecule has 0 saturated heterocycles. The lowest BCUT2D eigenvalue weighted by Gasteiger charge is -2.12. The molecular weight excluding hydrogens is 186 g/mol. The molecule has 1 unspecified atom stereocenters. The third-order valence-corrected chi connectivity index (χ3v) is 2.95. The maximum Gasteiger partial charge on any atom is 0.161 e. The standard InChI is InChI=1S/C13H21NO/c1-4-6-7-11(5-2)13-8-12(9-14-13)10(3)15/h8-9,11,14H,4-7H2,1-3H3. The smallest absolute Gasteiger partial charge is 0.161 e. The first-order valence-corrected chi connectivity index (χ1v) is 5.88. The van der Waals surface area contributed by atoms with Gasteiger partial charge in [-0.2, -0.15) is 0 Å². The zero-order valence-corrected chi connectivity index (χ0v) is 9.97. The molecule has 0 amide bonds. The number of hydrogen-bond donors (Lipinski definition) is 1. The minimum absolute atomic E-state index is 0.142. The first-order chi connectivity index (χ1) is 7.19. The lowest BCUT2D eigenvalue weighted by molar-refractivity contribution is 0.101. The SMILES string of the molecule is CCCCC(CC)c1cc(C(C)=O)c[nH]1. The number of hydrogen-bond acceptors (Lipinski definition) is 1. The summed E-state index contributed by atoms with van der Waals surface area (Å²) in [7, 11) is 0. The number of ketones is 1. The molecule has 0 aliphatic heterocycles. The summed E-state index contributed by atoms with van der Waals surface area (Å²) in [6.45, 7) is 6.02. The summed E-state index contributed by atoms with van der Waals surface area (Å²) in [6, 6.07) is 2.01. The second-order valence-corrected chi connectivity index (χ2v) is 4.15. The zero-order chi connectivity index (χ0) is 11.3. The number of H-pyrrole nitrogens is 1. The summed E-state index contributed by atoms with van der Waals surface area (Å²) < 4.78 is 0. The molecule has 1 aromatic heterocycles. The Labute approximate surface area is 92.1 Å². The van der Waals surface area contributed by atoms with Gasteiger partial charge in [-0.1, -0.05) is 26.7 Å². The number of Topliss-reactive ketones (excluding diaryl/α,β-unsaturated/α-hetero) is 1. The molecule has 2 heteroatoms. The maximum atomic E-state index is 11.2. The summed E-state index contributed by atoms with van der Waals surface area (Å²) in [5, 5.41) is 0. The van der Waals surface area contributed by atoms with Crippen molar-refractivity contribution in [2.45, 2.75) is 52.4 Å². The van der Waals surface area contributed by atoms with Crippen LogP contribution in [0.15, 0.2) is 12.3 Å². The quantitative estimate of drug-likeness (QED) is 0.705. The van der Waals surface area contributed by atoms with Crippen molar-refractivity contribution in [1.29, 1.82) is 0 Å². The summed E-state index contributed by atoms with van der Waals surface area (Å²) in [5.74, 6) is 0.723. The van der Waals surface area contributed by atoms with E-state index in [2.05, 4.69) is 18.8 Å². The average Bonchev–Trinajstić information content (AvgIpc) is 2.68. The number of nitrogens with one attached hydrogen (secondary N) is 1. The molecule has 1 rings (SSSR count). The van der Waals surface area contributed by atoms with Crippen molar-refractivity contribution in [3.8, 4) is 0 Å². The second kappa shape index (κ2) is 5.74. The second-order valence-electron chi connectivity index (χ2n) is 4.15. The highest BCUT2D eigenvalue weighted by atomic mass is 16.1. The Morgan fingerprint density at radius 2 is 2.20 bits per heavy atom. The van der Waals surface area contributed by atoms with Gasteiger partial charge in [-0.25, -0.2) is 0 Å².